The van der Waals surface area contributed by atoms with Gasteiger partial charge in [0.15, 0.2) is 5.82 Å². The van der Waals surface area contributed by atoms with Gasteiger partial charge in [-0.15, -0.1) is 0 Å². The smallest absolute Gasteiger partial charge is 0.350 e. The van der Waals surface area contributed by atoms with Crippen LogP contribution in [0.2, 0.25) is 0 Å². The first kappa shape index (κ1) is 13.6. The summed E-state index contributed by atoms with van der Waals surface area (Å²) in [7, 11) is 1.88. The molecule has 2 aliphatic rings. The van der Waals surface area contributed by atoms with Gasteiger partial charge >= 0.3 is 4.61 Å². The normalized spacial score (nSPS) is 31.1. The van der Waals surface area contributed by atoms with E-state index in [-0.39, 0.29) is 9.53 Å². The predicted octanol–water partition coefficient (Wildman–Crippen LogP) is 1.46. The van der Waals surface area contributed by atoms with E-state index in [4.69, 9.17) is 4.74 Å². The van der Waals surface area contributed by atoms with E-state index < -0.39 is 0 Å². The minimum absolute atomic E-state index is 0.0504. The zero-order chi connectivity index (χ0) is 13.3. The van der Waals surface area contributed by atoms with Gasteiger partial charge in [-0.3, -0.25) is 10.1 Å². The van der Waals surface area contributed by atoms with E-state index in [1.807, 2.05) is 11.9 Å². The SMILES string of the molecule is CC1CC(CN2CCN(C)C2=C(Br)[N+](=O)[O-])CO1. The van der Waals surface area contributed by atoms with Crippen molar-refractivity contribution >= 4 is 15.9 Å². The summed E-state index contributed by atoms with van der Waals surface area (Å²) in [6.07, 6.45) is 1.34. The van der Waals surface area contributed by atoms with Crippen LogP contribution in [-0.4, -0.2) is 54.1 Å². The van der Waals surface area contributed by atoms with Crippen molar-refractivity contribution in [3.63, 3.8) is 0 Å². The van der Waals surface area contributed by atoms with Crippen molar-refractivity contribution in [2.75, 3.05) is 33.3 Å². The van der Waals surface area contributed by atoms with Crippen LogP contribution in [0.3, 0.4) is 0 Å². The lowest BCUT2D eigenvalue weighted by molar-refractivity contribution is -0.411. The summed E-state index contributed by atoms with van der Waals surface area (Å²) < 4.78 is 5.59. The molecule has 0 bridgehead atoms. The van der Waals surface area contributed by atoms with Gasteiger partial charge in [-0.25, -0.2) is 0 Å². The van der Waals surface area contributed by atoms with Crippen molar-refractivity contribution < 1.29 is 9.66 Å². The summed E-state index contributed by atoms with van der Waals surface area (Å²) in [5.74, 6) is 1.15. The van der Waals surface area contributed by atoms with Gasteiger partial charge < -0.3 is 14.5 Å². The molecule has 0 radical (unpaired) electrons. The Balaban J connectivity index is 2.08. The van der Waals surface area contributed by atoms with E-state index in [1.165, 1.54) is 0 Å². The molecular formula is C11H18BrN3O3. The van der Waals surface area contributed by atoms with Gasteiger partial charge in [-0.1, -0.05) is 0 Å². The van der Waals surface area contributed by atoms with Crippen LogP contribution in [0, 0.1) is 16.0 Å². The van der Waals surface area contributed by atoms with Crippen LogP contribution in [0.4, 0.5) is 0 Å². The lowest BCUT2D eigenvalue weighted by Gasteiger charge is -2.23. The van der Waals surface area contributed by atoms with Crippen molar-refractivity contribution in [1.82, 2.24) is 9.80 Å². The van der Waals surface area contributed by atoms with E-state index >= 15 is 0 Å². The van der Waals surface area contributed by atoms with Crippen LogP contribution >= 0.6 is 15.9 Å². The number of halogens is 1. The minimum atomic E-state index is -0.377. The van der Waals surface area contributed by atoms with Crippen molar-refractivity contribution in [3.8, 4) is 0 Å². The maximum Gasteiger partial charge on any atom is 0.350 e. The van der Waals surface area contributed by atoms with E-state index in [9.17, 15) is 10.1 Å². The molecule has 2 unspecified atom stereocenters. The van der Waals surface area contributed by atoms with Crippen molar-refractivity contribution in [2.24, 2.45) is 5.92 Å². The Kier molecular flexibility index (Phi) is 4.11. The Bertz CT molecular complexity index is 375. The van der Waals surface area contributed by atoms with E-state index in [2.05, 4.69) is 27.8 Å². The van der Waals surface area contributed by atoms with Crippen LogP contribution in [0.1, 0.15) is 13.3 Å². The van der Waals surface area contributed by atoms with E-state index in [0.717, 1.165) is 32.7 Å². The second-order valence-corrected chi connectivity index (χ2v) is 5.74. The molecule has 2 rings (SSSR count). The summed E-state index contributed by atoms with van der Waals surface area (Å²) in [5.41, 5.74) is 0. The molecule has 0 amide bonds. The lowest BCUT2D eigenvalue weighted by atomic mass is 10.1. The van der Waals surface area contributed by atoms with Gasteiger partial charge in [0, 0.05) is 48.5 Å². The van der Waals surface area contributed by atoms with Crippen LogP contribution in [0.5, 0.6) is 0 Å². The highest BCUT2D eigenvalue weighted by atomic mass is 79.9. The molecule has 0 saturated carbocycles. The highest BCUT2D eigenvalue weighted by Crippen LogP contribution is 2.28. The minimum Gasteiger partial charge on any atom is -0.378 e. The van der Waals surface area contributed by atoms with Gasteiger partial charge in [0.25, 0.3) is 0 Å². The molecule has 0 N–H and O–H groups in total. The number of likely N-dealkylation sites (N-methyl/N-ethyl adjacent to an activating group) is 1. The average molecular weight is 320 g/mol. The maximum absolute atomic E-state index is 10.9. The number of hydrogen-bond donors (Lipinski definition) is 0. The first-order valence-electron chi connectivity index (χ1n) is 6.11. The predicted molar refractivity (Wildman–Crippen MR) is 70.7 cm³/mol. The standard InChI is InChI=1S/C11H18BrN3O3/c1-8-5-9(7-18-8)6-14-4-3-13(2)11(14)10(12)15(16)17/h8-9H,3-7H2,1-2H3. The fourth-order valence-electron chi connectivity index (χ4n) is 2.62. The number of rotatable bonds is 3. The summed E-state index contributed by atoms with van der Waals surface area (Å²) in [6.45, 7) is 5.30. The fourth-order valence-corrected chi connectivity index (χ4v) is 3.17. The van der Waals surface area contributed by atoms with Gasteiger partial charge in [0.05, 0.1) is 17.6 Å². The molecule has 2 fully saturated rings. The Morgan fingerprint density at radius 2 is 2.33 bits per heavy atom. The van der Waals surface area contributed by atoms with Crippen LogP contribution in [0.15, 0.2) is 10.4 Å². The summed E-state index contributed by atoms with van der Waals surface area (Å²) in [5, 5.41) is 10.9. The first-order chi connectivity index (χ1) is 8.49. The molecule has 18 heavy (non-hydrogen) atoms. The van der Waals surface area contributed by atoms with Gasteiger partial charge in [-0.2, -0.15) is 0 Å². The second-order valence-electron chi connectivity index (χ2n) is 4.98. The zero-order valence-electron chi connectivity index (χ0n) is 10.6. The van der Waals surface area contributed by atoms with Gasteiger partial charge in [0.2, 0.25) is 0 Å². The Labute approximate surface area is 115 Å². The molecular weight excluding hydrogens is 302 g/mol. The molecule has 0 spiro atoms. The fraction of sp³-hybridized carbons (Fsp3) is 0.818. The zero-order valence-corrected chi connectivity index (χ0v) is 12.2. The highest BCUT2D eigenvalue weighted by Gasteiger charge is 2.33. The third-order valence-corrected chi connectivity index (χ3v) is 4.12. The third kappa shape index (κ3) is 2.77. The topological polar surface area (TPSA) is 58.9 Å². The third-order valence-electron chi connectivity index (χ3n) is 3.47. The van der Waals surface area contributed by atoms with E-state index in [1.54, 1.807) is 0 Å². The van der Waals surface area contributed by atoms with E-state index in [0.29, 0.717) is 17.8 Å². The largest absolute Gasteiger partial charge is 0.378 e. The summed E-state index contributed by atoms with van der Waals surface area (Å²) in [6, 6.07) is 0. The van der Waals surface area contributed by atoms with Gasteiger partial charge in [0.1, 0.15) is 0 Å². The number of ether oxygens (including phenoxy) is 1. The summed E-state index contributed by atoms with van der Waals surface area (Å²) >= 11 is 3.08. The molecule has 0 aromatic rings. The average Bonchev–Trinajstić information content (AvgIpc) is 2.85. The van der Waals surface area contributed by atoms with Crippen molar-refractivity contribution in [2.45, 2.75) is 19.4 Å². The highest BCUT2D eigenvalue weighted by molar-refractivity contribution is 9.11. The number of nitro groups is 1. The number of hydrogen-bond acceptors (Lipinski definition) is 5. The number of nitrogens with zero attached hydrogens (tertiary/aromatic N) is 3. The van der Waals surface area contributed by atoms with Crippen LogP contribution < -0.4 is 0 Å². The lowest BCUT2D eigenvalue weighted by Crippen LogP contribution is -2.29. The van der Waals surface area contributed by atoms with Crippen LogP contribution in [-0.2, 0) is 4.74 Å². The Morgan fingerprint density at radius 3 is 2.89 bits per heavy atom. The first-order valence-corrected chi connectivity index (χ1v) is 6.90. The molecule has 6 nitrogen and oxygen atoms in total. The summed E-state index contributed by atoms with van der Waals surface area (Å²) in [4.78, 5) is 14.5. The molecule has 7 heteroatoms. The van der Waals surface area contributed by atoms with Crippen LogP contribution in [0.25, 0.3) is 0 Å². The molecule has 2 atom stereocenters. The molecule has 0 aromatic heterocycles. The molecule has 2 heterocycles. The molecule has 2 saturated heterocycles. The quantitative estimate of drug-likeness (QED) is 0.448. The molecule has 2 aliphatic heterocycles. The maximum atomic E-state index is 10.9. The molecule has 0 aromatic carbocycles. The molecule has 0 aliphatic carbocycles. The van der Waals surface area contributed by atoms with Crippen molar-refractivity contribution in [1.29, 1.82) is 0 Å². The molecule has 102 valence electrons. The monoisotopic (exact) mass is 319 g/mol. The second kappa shape index (κ2) is 5.44. The Hall–Kier alpha value is -0.820. The van der Waals surface area contributed by atoms with Crippen molar-refractivity contribution in [3.05, 3.63) is 20.5 Å². The van der Waals surface area contributed by atoms with Gasteiger partial charge in [-0.05, 0) is 13.3 Å². The Morgan fingerprint density at radius 1 is 1.61 bits per heavy atom.